The monoisotopic (exact) mass is 415 g/mol. The summed E-state index contributed by atoms with van der Waals surface area (Å²) < 4.78 is 59.9. The molecule has 0 radical (unpaired) electrons. The second kappa shape index (κ2) is 8.01. The maximum absolute atomic E-state index is 12.7. The van der Waals surface area contributed by atoms with E-state index < -0.39 is 20.0 Å². The summed E-state index contributed by atoms with van der Waals surface area (Å²) in [5.74, 6) is -0.146. The van der Waals surface area contributed by atoms with Crippen molar-refractivity contribution < 1.29 is 21.6 Å². The zero-order valence-corrected chi connectivity index (χ0v) is 16.7. The van der Waals surface area contributed by atoms with Crippen LogP contribution in [0.2, 0.25) is 0 Å². The minimum Gasteiger partial charge on any atom is -0.495 e. The Balaban J connectivity index is 2.39. The summed E-state index contributed by atoms with van der Waals surface area (Å²) in [6.45, 7) is 3.64. The second-order valence-electron chi connectivity index (χ2n) is 5.52. The molecule has 0 amide bonds. The van der Waals surface area contributed by atoms with Crippen molar-refractivity contribution in [3.63, 3.8) is 0 Å². The number of nitrogens with zero attached hydrogens (tertiary/aromatic N) is 1. The topological polar surface area (TPSA) is 124 Å². The highest BCUT2D eigenvalue weighted by atomic mass is 32.2. The first-order chi connectivity index (χ1) is 12.6. The quantitative estimate of drug-likeness (QED) is 0.672. The molecular weight excluding hydrogens is 394 g/mol. The first-order valence-electron chi connectivity index (χ1n) is 8.03. The summed E-state index contributed by atoms with van der Waals surface area (Å²) in [5.41, 5.74) is 0.159. The molecule has 1 heterocycles. The van der Waals surface area contributed by atoms with Crippen LogP contribution in [0.1, 0.15) is 13.8 Å². The van der Waals surface area contributed by atoms with Gasteiger partial charge >= 0.3 is 0 Å². The number of hydrogen-bond acceptors (Lipinski definition) is 6. The largest absolute Gasteiger partial charge is 0.495 e. The molecule has 0 aliphatic rings. The normalized spacial score (nSPS) is 11.8. The van der Waals surface area contributed by atoms with Crippen molar-refractivity contribution >= 4 is 31.4 Å². The molecule has 148 valence electrons. The SMILES string of the molecule is CCn1cc(NS(=O)(=O)c2ccc(NS(=O)(=O)CC)cc2OC)ccc1=O. The fourth-order valence-corrected chi connectivity index (χ4v) is 4.08. The third kappa shape index (κ3) is 5.01. The molecule has 9 nitrogen and oxygen atoms in total. The van der Waals surface area contributed by atoms with Crippen molar-refractivity contribution in [3.05, 3.63) is 46.9 Å². The van der Waals surface area contributed by atoms with Crippen LogP contribution in [-0.4, -0.2) is 34.3 Å². The molecule has 11 heteroatoms. The summed E-state index contributed by atoms with van der Waals surface area (Å²) in [4.78, 5) is 11.5. The summed E-state index contributed by atoms with van der Waals surface area (Å²) in [6, 6.07) is 6.49. The molecule has 0 spiro atoms. The lowest BCUT2D eigenvalue weighted by molar-refractivity contribution is 0.403. The van der Waals surface area contributed by atoms with E-state index in [1.54, 1.807) is 6.92 Å². The van der Waals surface area contributed by atoms with Crippen LogP contribution in [0, 0.1) is 0 Å². The van der Waals surface area contributed by atoms with E-state index in [9.17, 15) is 21.6 Å². The number of nitrogens with one attached hydrogen (secondary N) is 2. The van der Waals surface area contributed by atoms with Crippen molar-refractivity contribution in [3.8, 4) is 5.75 Å². The number of aryl methyl sites for hydroxylation is 1. The smallest absolute Gasteiger partial charge is 0.265 e. The Morgan fingerprint density at radius 1 is 1.00 bits per heavy atom. The van der Waals surface area contributed by atoms with Gasteiger partial charge in [-0.2, -0.15) is 0 Å². The summed E-state index contributed by atoms with van der Waals surface area (Å²) in [5, 5.41) is 0. The van der Waals surface area contributed by atoms with E-state index in [1.165, 1.54) is 55.1 Å². The van der Waals surface area contributed by atoms with Gasteiger partial charge in [-0.1, -0.05) is 0 Å². The van der Waals surface area contributed by atoms with E-state index in [0.29, 0.717) is 6.54 Å². The van der Waals surface area contributed by atoms with Crippen LogP contribution in [-0.2, 0) is 26.6 Å². The van der Waals surface area contributed by atoms with Gasteiger partial charge in [0, 0.05) is 24.9 Å². The average Bonchev–Trinajstić information content (AvgIpc) is 2.62. The van der Waals surface area contributed by atoms with Crippen LogP contribution in [0.5, 0.6) is 5.75 Å². The highest BCUT2D eigenvalue weighted by Crippen LogP contribution is 2.29. The van der Waals surface area contributed by atoms with Crippen LogP contribution in [0.15, 0.2) is 46.2 Å². The van der Waals surface area contributed by atoms with Gasteiger partial charge in [0.25, 0.3) is 15.6 Å². The van der Waals surface area contributed by atoms with Gasteiger partial charge in [0.1, 0.15) is 10.6 Å². The van der Waals surface area contributed by atoms with Gasteiger partial charge < -0.3 is 9.30 Å². The van der Waals surface area contributed by atoms with Crippen molar-refractivity contribution in [1.82, 2.24) is 4.57 Å². The van der Waals surface area contributed by atoms with Gasteiger partial charge in [0.2, 0.25) is 10.0 Å². The van der Waals surface area contributed by atoms with E-state index in [2.05, 4.69) is 9.44 Å². The summed E-state index contributed by atoms with van der Waals surface area (Å²) in [7, 11) is -6.26. The molecule has 0 saturated heterocycles. The number of anilines is 2. The molecule has 2 rings (SSSR count). The molecule has 0 aliphatic heterocycles. The van der Waals surface area contributed by atoms with Crippen LogP contribution in [0.4, 0.5) is 11.4 Å². The van der Waals surface area contributed by atoms with E-state index in [1.807, 2.05) is 0 Å². The molecule has 0 atom stereocenters. The molecule has 27 heavy (non-hydrogen) atoms. The van der Waals surface area contributed by atoms with E-state index in [0.717, 1.165) is 0 Å². The molecule has 0 bridgehead atoms. The standard InChI is InChI=1S/C16H21N3O6S2/c1-4-19-11-13(7-9-16(19)20)18-27(23,24)15-8-6-12(10-14(15)25-3)17-26(21,22)5-2/h6-11,17-18H,4-5H2,1-3H3. The molecular formula is C16H21N3O6S2. The Morgan fingerprint density at radius 2 is 1.67 bits per heavy atom. The first kappa shape index (κ1) is 20.8. The highest BCUT2D eigenvalue weighted by Gasteiger charge is 2.21. The van der Waals surface area contributed by atoms with E-state index >= 15 is 0 Å². The second-order valence-corrected chi connectivity index (χ2v) is 9.18. The number of benzene rings is 1. The third-order valence-corrected chi connectivity index (χ3v) is 6.41. The number of sulfonamides is 2. The molecule has 0 unspecified atom stereocenters. The van der Waals surface area contributed by atoms with Gasteiger partial charge in [-0.25, -0.2) is 16.8 Å². The van der Waals surface area contributed by atoms with Crippen LogP contribution >= 0.6 is 0 Å². The number of pyridine rings is 1. The molecule has 0 fully saturated rings. The highest BCUT2D eigenvalue weighted by molar-refractivity contribution is 7.93. The number of ether oxygens (including phenoxy) is 1. The number of methoxy groups -OCH3 is 1. The Labute approximate surface area is 158 Å². The number of rotatable bonds is 8. The Kier molecular flexibility index (Phi) is 6.16. The molecule has 1 aromatic heterocycles. The van der Waals surface area contributed by atoms with Crippen molar-refractivity contribution in [2.45, 2.75) is 25.3 Å². The van der Waals surface area contributed by atoms with Gasteiger partial charge in [-0.05, 0) is 32.0 Å². The van der Waals surface area contributed by atoms with Crippen molar-refractivity contribution in [2.75, 3.05) is 22.3 Å². The lowest BCUT2D eigenvalue weighted by Gasteiger charge is -2.14. The van der Waals surface area contributed by atoms with Gasteiger partial charge in [0.15, 0.2) is 0 Å². The predicted octanol–water partition coefficient (Wildman–Crippen LogP) is 1.44. The summed E-state index contributed by atoms with van der Waals surface area (Å²) >= 11 is 0. The fraction of sp³-hybridized carbons (Fsp3) is 0.312. The zero-order chi connectivity index (χ0) is 20.2. The molecule has 2 aromatic rings. The lowest BCUT2D eigenvalue weighted by atomic mass is 10.3. The Hall–Kier alpha value is -2.53. The number of aromatic nitrogens is 1. The Bertz CT molecular complexity index is 1090. The van der Waals surface area contributed by atoms with Crippen LogP contribution in [0.25, 0.3) is 0 Å². The van der Waals surface area contributed by atoms with Crippen LogP contribution < -0.4 is 19.7 Å². The van der Waals surface area contributed by atoms with Gasteiger partial charge in [-0.15, -0.1) is 0 Å². The molecule has 1 aromatic carbocycles. The maximum Gasteiger partial charge on any atom is 0.265 e. The van der Waals surface area contributed by atoms with Crippen molar-refractivity contribution in [1.29, 1.82) is 0 Å². The molecule has 2 N–H and O–H groups in total. The minimum atomic E-state index is -4.03. The summed E-state index contributed by atoms with van der Waals surface area (Å²) in [6.07, 6.45) is 1.40. The zero-order valence-electron chi connectivity index (χ0n) is 15.1. The van der Waals surface area contributed by atoms with Crippen molar-refractivity contribution in [2.24, 2.45) is 0 Å². The van der Waals surface area contributed by atoms with E-state index in [-0.39, 0.29) is 33.3 Å². The van der Waals surface area contributed by atoms with E-state index in [4.69, 9.17) is 4.74 Å². The number of hydrogen-bond donors (Lipinski definition) is 2. The van der Waals surface area contributed by atoms with Gasteiger partial charge in [0.05, 0.1) is 24.2 Å². The first-order valence-corrected chi connectivity index (χ1v) is 11.2. The third-order valence-electron chi connectivity index (χ3n) is 3.68. The maximum atomic E-state index is 12.7. The Morgan fingerprint density at radius 3 is 2.26 bits per heavy atom. The van der Waals surface area contributed by atoms with Gasteiger partial charge in [-0.3, -0.25) is 14.2 Å². The minimum absolute atomic E-state index is 0.0254. The fourth-order valence-electron chi connectivity index (χ4n) is 2.25. The molecule has 0 saturated carbocycles. The van der Waals surface area contributed by atoms with Crippen LogP contribution in [0.3, 0.4) is 0 Å². The molecule has 0 aliphatic carbocycles. The predicted molar refractivity (Wildman–Crippen MR) is 103 cm³/mol. The lowest BCUT2D eigenvalue weighted by Crippen LogP contribution is -2.20. The average molecular weight is 415 g/mol.